The molecule has 0 amide bonds. The fraction of sp³-hybridized carbons (Fsp3) is 0.545. The second-order valence-electron chi connectivity index (χ2n) is 3.68. The molecule has 1 aromatic heterocycles. The minimum atomic E-state index is -3.61. The van der Waals surface area contributed by atoms with Gasteiger partial charge in [0.25, 0.3) is 10.0 Å². The zero-order valence-corrected chi connectivity index (χ0v) is 10.9. The molecule has 0 unspecified atom stereocenters. The summed E-state index contributed by atoms with van der Waals surface area (Å²) >= 11 is 0. The molecule has 96 valence electrons. The summed E-state index contributed by atoms with van der Waals surface area (Å²) in [5, 5.41) is -0.165. The highest BCUT2D eigenvalue weighted by Gasteiger charge is 2.26. The van der Waals surface area contributed by atoms with Crippen LogP contribution >= 0.6 is 0 Å². The van der Waals surface area contributed by atoms with E-state index in [2.05, 4.69) is 0 Å². The second kappa shape index (κ2) is 5.97. The van der Waals surface area contributed by atoms with Gasteiger partial charge in [0, 0.05) is 13.1 Å². The van der Waals surface area contributed by atoms with Crippen molar-refractivity contribution in [1.29, 1.82) is 0 Å². The van der Waals surface area contributed by atoms with Gasteiger partial charge in [0.05, 0.1) is 0 Å². The van der Waals surface area contributed by atoms with E-state index >= 15 is 0 Å². The first-order valence-electron chi connectivity index (χ1n) is 5.61. The molecule has 0 bridgehead atoms. The van der Waals surface area contributed by atoms with Gasteiger partial charge < -0.3 is 4.42 Å². The average Bonchev–Trinajstić information content (AvgIpc) is 2.78. The fourth-order valence-corrected chi connectivity index (χ4v) is 3.06. The van der Waals surface area contributed by atoms with E-state index in [1.165, 1.54) is 16.4 Å². The Balaban J connectivity index is 3.02. The molecule has 1 aromatic rings. The maximum absolute atomic E-state index is 12.2. The Labute approximate surface area is 101 Å². The second-order valence-corrected chi connectivity index (χ2v) is 5.55. The maximum atomic E-state index is 12.2. The Hall–Kier alpha value is -1.14. The summed E-state index contributed by atoms with van der Waals surface area (Å²) in [5.74, 6) is 0.0246. The lowest BCUT2D eigenvalue weighted by atomic mass is 10.4. The van der Waals surface area contributed by atoms with E-state index in [0.29, 0.717) is 19.4 Å². The Kier molecular flexibility index (Phi) is 4.89. The van der Waals surface area contributed by atoms with Crippen molar-refractivity contribution in [2.24, 2.45) is 0 Å². The fourth-order valence-electron chi connectivity index (χ4n) is 1.51. The number of sulfonamides is 1. The molecule has 0 aliphatic carbocycles. The summed E-state index contributed by atoms with van der Waals surface area (Å²) in [6.07, 6.45) is 1.96. The van der Waals surface area contributed by atoms with E-state index < -0.39 is 10.0 Å². The number of hydrogen-bond acceptors (Lipinski definition) is 4. The molecule has 0 aromatic carbocycles. The summed E-state index contributed by atoms with van der Waals surface area (Å²) in [4.78, 5) is 10.5. The van der Waals surface area contributed by atoms with Crippen LogP contribution in [-0.4, -0.2) is 32.1 Å². The van der Waals surface area contributed by atoms with E-state index in [-0.39, 0.29) is 10.9 Å². The van der Waals surface area contributed by atoms with E-state index in [1.807, 2.05) is 13.8 Å². The van der Waals surface area contributed by atoms with Gasteiger partial charge in [-0.3, -0.25) is 4.79 Å². The molecule has 0 atom stereocenters. The van der Waals surface area contributed by atoms with Crippen molar-refractivity contribution in [3.05, 3.63) is 17.9 Å². The number of furan rings is 1. The van der Waals surface area contributed by atoms with Crippen LogP contribution in [0, 0.1) is 0 Å². The first-order valence-corrected chi connectivity index (χ1v) is 7.05. The molecule has 6 heteroatoms. The van der Waals surface area contributed by atoms with Gasteiger partial charge in [0.15, 0.2) is 12.0 Å². The first-order chi connectivity index (χ1) is 8.06. The van der Waals surface area contributed by atoms with Crippen LogP contribution in [0.1, 0.15) is 37.2 Å². The monoisotopic (exact) mass is 259 g/mol. The highest BCUT2D eigenvalue weighted by Crippen LogP contribution is 2.18. The predicted octanol–water partition coefficient (Wildman–Crippen LogP) is 1.90. The van der Waals surface area contributed by atoms with Crippen molar-refractivity contribution < 1.29 is 17.6 Å². The van der Waals surface area contributed by atoms with Crippen LogP contribution in [0.3, 0.4) is 0 Å². The zero-order chi connectivity index (χ0) is 12.9. The van der Waals surface area contributed by atoms with Crippen molar-refractivity contribution >= 4 is 16.3 Å². The zero-order valence-electron chi connectivity index (χ0n) is 10.0. The Morgan fingerprint density at radius 1 is 1.24 bits per heavy atom. The Morgan fingerprint density at radius 2 is 1.82 bits per heavy atom. The summed E-state index contributed by atoms with van der Waals surface area (Å²) in [7, 11) is -3.61. The number of carbonyl (C=O) groups is 1. The minimum Gasteiger partial charge on any atom is -0.440 e. The lowest BCUT2D eigenvalue weighted by molar-refractivity contribution is 0.109. The van der Waals surface area contributed by atoms with Gasteiger partial charge in [0.1, 0.15) is 0 Å². The topological polar surface area (TPSA) is 67.6 Å². The van der Waals surface area contributed by atoms with Gasteiger partial charge in [-0.15, -0.1) is 0 Å². The Bertz CT molecular complexity index is 458. The summed E-state index contributed by atoms with van der Waals surface area (Å²) in [5.41, 5.74) is 0. The Morgan fingerprint density at radius 3 is 2.24 bits per heavy atom. The third-order valence-corrected chi connectivity index (χ3v) is 4.03. The molecule has 5 nitrogen and oxygen atoms in total. The summed E-state index contributed by atoms with van der Waals surface area (Å²) in [6, 6.07) is 2.67. The molecule has 0 aliphatic heterocycles. The molecule has 1 rings (SSSR count). The first kappa shape index (κ1) is 13.9. The highest BCUT2D eigenvalue weighted by atomic mass is 32.2. The van der Waals surface area contributed by atoms with E-state index in [9.17, 15) is 13.2 Å². The quantitative estimate of drug-likeness (QED) is 0.701. The molecule has 0 saturated carbocycles. The van der Waals surface area contributed by atoms with Crippen LogP contribution < -0.4 is 0 Å². The number of rotatable bonds is 7. The van der Waals surface area contributed by atoms with Crippen molar-refractivity contribution in [2.45, 2.75) is 31.8 Å². The molecule has 0 fully saturated rings. The molecule has 0 radical (unpaired) electrons. The molecular weight excluding hydrogens is 242 g/mol. The van der Waals surface area contributed by atoms with Crippen LogP contribution in [0.2, 0.25) is 0 Å². The van der Waals surface area contributed by atoms with Crippen LogP contribution in [0.4, 0.5) is 0 Å². The third-order valence-electron chi connectivity index (χ3n) is 2.26. The molecule has 17 heavy (non-hydrogen) atoms. The van der Waals surface area contributed by atoms with E-state index in [4.69, 9.17) is 4.42 Å². The molecule has 0 saturated heterocycles. The molecule has 0 N–H and O–H groups in total. The number of nitrogens with zero attached hydrogens (tertiary/aromatic N) is 1. The molecular formula is C11H17NO4S. The summed E-state index contributed by atoms with van der Waals surface area (Å²) in [6.45, 7) is 4.73. The van der Waals surface area contributed by atoms with Gasteiger partial charge in [-0.2, -0.15) is 4.31 Å². The number of carbonyl (C=O) groups excluding carboxylic acids is 1. The van der Waals surface area contributed by atoms with Crippen LogP contribution in [0.5, 0.6) is 0 Å². The highest BCUT2D eigenvalue weighted by molar-refractivity contribution is 7.89. The molecule has 1 heterocycles. The average molecular weight is 259 g/mol. The maximum Gasteiger partial charge on any atom is 0.276 e. The standard InChI is InChI=1S/C11H17NO4S/c1-3-7-12(8-4-2)17(14,15)11-6-5-10(9-13)16-11/h5-6,9H,3-4,7-8H2,1-2H3. The largest absolute Gasteiger partial charge is 0.440 e. The minimum absolute atomic E-state index is 0.0246. The van der Waals surface area contributed by atoms with Crippen molar-refractivity contribution in [3.8, 4) is 0 Å². The van der Waals surface area contributed by atoms with Gasteiger partial charge >= 0.3 is 0 Å². The van der Waals surface area contributed by atoms with Gasteiger partial charge in [0.2, 0.25) is 5.09 Å². The van der Waals surface area contributed by atoms with Crippen LogP contribution in [-0.2, 0) is 10.0 Å². The van der Waals surface area contributed by atoms with Gasteiger partial charge in [-0.05, 0) is 25.0 Å². The summed E-state index contributed by atoms with van der Waals surface area (Å²) < 4.78 is 30.7. The number of aldehydes is 1. The van der Waals surface area contributed by atoms with Gasteiger partial charge in [-0.1, -0.05) is 13.8 Å². The SMILES string of the molecule is CCCN(CCC)S(=O)(=O)c1ccc(C=O)o1. The smallest absolute Gasteiger partial charge is 0.276 e. The lowest BCUT2D eigenvalue weighted by Gasteiger charge is -2.19. The van der Waals surface area contributed by atoms with Crippen molar-refractivity contribution in [3.63, 3.8) is 0 Å². The van der Waals surface area contributed by atoms with E-state index in [0.717, 1.165) is 12.8 Å². The van der Waals surface area contributed by atoms with Crippen molar-refractivity contribution in [2.75, 3.05) is 13.1 Å². The van der Waals surface area contributed by atoms with E-state index in [1.54, 1.807) is 0 Å². The lowest BCUT2D eigenvalue weighted by Crippen LogP contribution is -2.32. The van der Waals surface area contributed by atoms with Crippen LogP contribution in [0.15, 0.2) is 21.6 Å². The van der Waals surface area contributed by atoms with Crippen molar-refractivity contribution in [1.82, 2.24) is 4.31 Å². The normalized spacial score (nSPS) is 11.9. The molecule has 0 spiro atoms. The third kappa shape index (κ3) is 3.17. The predicted molar refractivity (Wildman–Crippen MR) is 63.4 cm³/mol. The molecule has 0 aliphatic rings. The number of hydrogen-bond donors (Lipinski definition) is 0. The van der Waals surface area contributed by atoms with Crippen LogP contribution in [0.25, 0.3) is 0 Å². The van der Waals surface area contributed by atoms with Gasteiger partial charge in [-0.25, -0.2) is 8.42 Å².